The fourth-order valence-electron chi connectivity index (χ4n) is 4.24. The van der Waals surface area contributed by atoms with Crippen LogP contribution in [0.3, 0.4) is 0 Å². The van der Waals surface area contributed by atoms with Crippen molar-refractivity contribution in [1.29, 1.82) is 0 Å². The van der Waals surface area contributed by atoms with Crippen LogP contribution < -0.4 is 9.47 Å². The summed E-state index contributed by atoms with van der Waals surface area (Å²) in [4.78, 5) is 27.5. The number of fused-ring (bicyclic) bond motifs is 2. The highest BCUT2D eigenvalue weighted by molar-refractivity contribution is 5.99. The van der Waals surface area contributed by atoms with Crippen LogP contribution in [0.4, 0.5) is 0 Å². The Morgan fingerprint density at radius 3 is 2.48 bits per heavy atom. The Kier molecular flexibility index (Phi) is 5.59. The number of rotatable bonds is 5. The summed E-state index contributed by atoms with van der Waals surface area (Å²) < 4.78 is 21.7. The quantitative estimate of drug-likeness (QED) is 0.576. The monoisotopic (exact) mass is 423 g/mol. The molecular weight excluding hydrogens is 398 g/mol. The molecule has 0 aliphatic carbocycles. The van der Waals surface area contributed by atoms with Crippen LogP contribution in [-0.4, -0.2) is 44.7 Å². The number of methoxy groups -OCH3 is 3. The Balaban J connectivity index is 1.78. The number of hydrogen-bond donors (Lipinski definition) is 0. The zero-order valence-electron chi connectivity index (χ0n) is 18.1. The molecule has 4 rings (SSSR count). The van der Waals surface area contributed by atoms with Crippen LogP contribution in [-0.2, 0) is 16.0 Å². The molecule has 0 spiro atoms. The van der Waals surface area contributed by atoms with Gasteiger partial charge in [0.05, 0.1) is 33.8 Å². The molecule has 0 radical (unpaired) electrons. The second-order valence-electron chi connectivity index (χ2n) is 7.50. The number of amides is 1. The topological polar surface area (TPSA) is 78.2 Å². The lowest BCUT2D eigenvalue weighted by molar-refractivity contribution is -0.141. The average Bonchev–Trinajstić information content (AvgIpc) is 3.14. The second-order valence-corrected chi connectivity index (χ2v) is 7.50. The van der Waals surface area contributed by atoms with Crippen molar-refractivity contribution in [2.24, 2.45) is 0 Å². The van der Waals surface area contributed by atoms with Gasteiger partial charge in [0.1, 0.15) is 5.58 Å². The van der Waals surface area contributed by atoms with Gasteiger partial charge in [-0.05, 0) is 42.7 Å². The van der Waals surface area contributed by atoms with E-state index < -0.39 is 12.0 Å². The maximum atomic E-state index is 13.6. The number of benzene rings is 2. The maximum absolute atomic E-state index is 13.6. The molecule has 2 heterocycles. The molecule has 0 fully saturated rings. The van der Waals surface area contributed by atoms with Gasteiger partial charge in [0.15, 0.2) is 17.3 Å². The first kappa shape index (κ1) is 20.8. The van der Waals surface area contributed by atoms with Crippen molar-refractivity contribution >= 4 is 22.8 Å². The van der Waals surface area contributed by atoms with E-state index in [2.05, 4.69) is 0 Å². The van der Waals surface area contributed by atoms with Crippen LogP contribution in [0, 0.1) is 6.92 Å². The highest BCUT2D eigenvalue weighted by atomic mass is 16.5. The molecule has 0 saturated carbocycles. The molecule has 0 bridgehead atoms. The number of nitrogens with zero attached hydrogens (tertiary/aromatic N) is 1. The highest BCUT2D eigenvalue weighted by Crippen LogP contribution is 2.40. The number of esters is 1. The van der Waals surface area contributed by atoms with E-state index in [9.17, 15) is 9.59 Å². The Morgan fingerprint density at radius 2 is 1.81 bits per heavy atom. The Bertz CT molecular complexity index is 1150. The summed E-state index contributed by atoms with van der Waals surface area (Å²) in [7, 11) is 4.48. The molecule has 7 nitrogen and oxygen atoms in total. The predicted molar refractivity (Wildman–Crippen MR) is 115 cm³/mol. The van der Waals surface area contributed by atoms with E-state index in [0.29, 0.717) is 35.8 Å². The minimum absolute atomic E-state index is 0.0317. The predicted octanol–water partition coefficient (Wildman–Crippen LogP) is 4.06. The van der Waals surface area contributed by atoms with Crippen molar-refractivity contribution in [1.82, 2.24) is 4.90 Å². The molecule has 1 amide bonds. The zero-order valence-corrected chi connectivity index (χ0v) is 18.1. The normalized spacial score (nSPS) is 15.5. The number of para-hydroxylation sites is 1. The minimum atomic E-state index is -0.504. The van der Waals surface area contributed by atoms with Crippen LogP contribution >= 0.6 is 0 Å². The van der Waals surface area contributed by atoms with E-state index in [1.165, 1.54) is 7.11 Å². The molecule has 1 aromatic heterocycles. The van der Waals surface area contributed by atoms with Gasteiger partial charge in [0.2, 0.25) is 0 Å². The molecular formula is C24H25NO6. The molecule has 1 aliphatic heterocycles. The van der Waals surface area contributed by atoms with Crippen LogP contribution in [0.15, 0.2) is 40.8 Å². The van der Waals surface area contributed by atoms with Crippen LogP contribution in [0.25, 0.3) is 11.0 Å². The summed E-state index contributed by atoms with van der Waals surface area (Å²) in [6, 6.07) is 10.8. The number of aryl methyl sites for hydroxylation is 1. The number of furan rings is 1. The van der Waals surface area contributed by atoms with Gasteiger partial charge < -0.3 is 23.5 Å². The molecule has 31 heavy (non-hydrogen) atoms. The molecule has 0 unspecified atom stereocenters. The van der Waals surface area contributed by atoms with E-state index in [1.807, 2.05) is 43.3 Å². The SMILES string of the molecule is COC(=O)C[C@@H]1c2cc(OC)c(OC)cc2CCN1C(=O)c1oc2ccccc2c1C. The molecule has 162 valence electrons. The van der Waals surface area contributed by atoms with E-state index in [4.69, 9.17) is 18.6 Å². The lowest BCUT2D eigenvalue weighted by Gasteiger charge is -2.37. The van der Waals surface area contributed by atoms with Crippen molar-refractivity contribution in [3.8, 4) is 11.5 Å². The Labute approximate surface area is 180 Å². The molecule has 1 aliphatic rings. The van der Waals surface area contributed by atoms with Gasteiger partial charge in [0, 0.05) is 17.5 Å². The smallest absolute Gasteiger partial charge is 0.307 e. The van der Waals surface area contributed by atoms with Gasteiger partial charge in [-0.2, -0.15) is 0 Å². The van der Waals surface area contributed by atoms with Crippen molar-refractivity contribution in [3.05, 3.63) is 58.8 Å². The van der Waals surface area contributed by atoms with E-state index in [-0.39, 0.29) is 12.3 Å². The minimum Gasteiger partial charge on any atom is -0.493 e. The summed E-state index contributed by atoms with van der Waals surface area (Å²) >= 11 is 0. The van der Waals surface area contributed by atoms with Crippen LogP contribution in [0.2, 0.25) is 0 Å². The van der Waals surface area contributed by atoms with Gasteiger partial charge in [-0.3, -0.25) is 9.59 Å². The number of carbonyl (C=O) groups is 2. The maximum Gasteiger partial charge on any atom is 0.307 e. The lowest BCUT2D eigenvalue weighted by atomic mass is 9.89. The van der Waals surface area contributed by atoms with Crippen molar-refractivity contribution < 1.29 is 28.2 Å². The van der Waals surface area contributed by atoms with Crippen molar-refractivity contribution in [2.75, 3.05) is 27.9 Å². The fraction of sp³-hybridized carbons (Fsp3) is 0.333. The second kappa shape index (κ2) is 8.34. The third kappa shape index (κ3) is 3.60. The Hall–Kier alpha value is -3.48. The largest absolute Gasteiger partial charge is 0.493 e. The Morgan fingerprint density at radius 1 is 1.10 bits per heavy atom. The summed E-state index contributed by atoms with van der Waals surface area (Å²) in [6.45, 7) is 2.32. The third-order valence-electron chi connectivity index (χ3n) is 5.89. The lowest BCUT2D eigenvalue weighted by Crippen LogP contribution is -2.41. The summed E-state index contributed by atoms with van der Waals surface area (Å²) in [5.41, 5.74) is 3.31. The first-order chi connectivity index (χ1) is 15.0. The number of carbonyl (C=O) groups excluding carboxylic acids is 2. The number of ether oxygens (including phenoxy) is 3. The molecule has 7 heteroatoms. The van der Waals surface area contributed by atoms with Gasteiger partial charge in [-0.25, -0.2) is 0 Å². The first-order valence-electron chi connectivity index (χ1n) is 10.1. The summed E-state index contributed by atoms with van der Waals surface area (Å²) in [5, 5.41) is 0.902. The van der Waals surface area contributed by atoms with Gasteiger partial charge in [0.25, 0.3) is 5.91 Å². The standard InChI is InChI=1S/C24H25NO6/c1-14-16-7-5-6-8-19(16)31-23(14)24(27)25-10-9-15-11-20(28-2)21(29-3)12-17(15)18(25)13-22(26)30-4/h5-8,11-12,18H,9-10,13H2,1-4H3/t18-/m1/s1. The van der Waals surface area contributed by atoms with Gasteiger partial charge in [-0.1, -0.05) is 18.2 Å². The summed E-state index contributed by atoms with van der Waals surface area (Å²) in [5.74, 6) is 0.811. The third-order valence-corrected chi connectivity index (χ3v) is 5.89. The highest BCUT2D eigenvalue weighted by Gasteiger charge is 2.36. The van der Waals surface area contributed by atoms with E-state index >= 15 is 0 Å². The van der Waals surface area contributed by atoms with Gasteiger partial charge in [-0.15, -0.1) is 0 Å². The fourth-order valence-corrected chi connectivity index (χ4v) is 4.24. The molecule has 0 N–H and O–H groups in total. The van der Waals surface area contributed by atoms with Gasteiger partial charge >= 0.3 is 5.97 Å². The molecule has 0 saturated heterocycles. The zero-order chi connectivity index (χ0) is 22.1. The van der Waals surface area contributed by atoms with Crippen LogP contribution in [0.5, 0.6) is 11.5 Å². The number of hydrogen-bond acceptors (Lipinski definition) is 6. The molecule has 2 aromatic carbocycles. The van der Waals surface area contributed by atoms with E-state index in [0.717, 1.165) is 22.1 Å². The summed E-state index contributed by atoms with van der Waals surface area (Å²) in [6.07, 6.45) is 0.655. The van der Waals surface area contributed by atoms with E-state index in [1.54, 1.807) is 19.1 Å². The molecule has 3 aromatic rings. The average molecular weight is 423 g/mol. The first-order valence-corrected chi connectivity index (χ1v) is 10.1. The van der Waals surface area contributed by atoms with Crippen LogP contribution in [0.1, 0.15) is 39.7 Å². The molecule has 1 atom stereocenters. The van der Waals surface area contributed by atoms with Crippen molar-refractivity contribution in [2.45, 2.75) is 25.8 Å². The van der Waals surface area contributed by atoms with Crippen molar-refractivity contribution in [3.63, 3.8) is 0 Å².